The van der Waals surface area contributed by atoms with Crippen LogP contribution >= 0.6 is 0 Å². The highest BCUT2D eigenvalue weighted by molar-refractivity contribution is 5.94. The summed E-state index contributed by atoms with van der Waals surface area (Å²) in [7, 11) is 0. The molecule has 170 valence electrons. The Morgan fingerprint density at radius 1 is 1.03 bits per heavy atom. The molecule has 2 aliphatic rings. The van der Waals surface area contributed by atoms with E-state index in [1.165, 1.54) is 4.90 Å². The van der Waals surface area contributed by atoms with Gasteiger partial charge in [-0.2, -0.15) is 0 Å². The fourth-order valence-electron chi connectivity index (χ4n) is 4.23. The van der Waals surface area contributed by atoms with Crippen molar-refractivity contribution in [3.05, 3.63) is 0 Å². The topological polar surface area (TPSA) is 133 Å². The lowest BCUT2D eigenvalue weighted by Crippen LogP contribution is -2.57. The van der Waals surface area contributed by atoms with E-state index in [0.29, 0.717) is 38.8 Å². The van der Waals surface area contributed by atoms with E-state index in [-0.39, 0.29) is 23.7 Å². The van der Waals surface area contributed by atoms with Gasteiger partial charge in [0.25, 0.3) is 0 Å². The fraction of sp³-hybridized carbons (Fsp3) is 0.810. The number of hydrogen-bond acceptors (Lipinski definition) is 5. The van der Waals surface area contributed by atoms with E-state index < -0.39 is 36.0 Å². The van der Waals surface area contributed by atoms with Crippen LogP contribution in [0.3, 0.4) is 0 Å². The molecule has 5 unspecified atom stereocenters. The molecule has 0 radical (unpaired) electrons. The molecule has 0 aliphatic carbocycles. The average molecular weight is 425 g/mol. The van der Waals surface area contributed by atoms with Crippen molar-refractivity contribution in [3.63, 3.8) is 0 Å². The Labute approximate surface area is 178 Å². The predicted molar refractivity (Wildman–Crippen MR) is 111 cm³/mol. The Balaban J connectivity index is 2.11. The maximum Gasteiger partial charge on any atom is 0.326 e. The Bertz CT molecular complexity index is 668. The Morgan fingerprint density at radius 2 is 1.60 bits per heavy atom. The molecule has 2 heterocycles. The first-order valence-corrected chi connectivity index (χ1v) is 11.0. The molecule has 5 atom stereocenters. The maximum atomic E-state index is 13.3. The van der Waals surface area contributed by atoms with Crippen LogP contribution in [0.25, 0.3) is 0 Å². The number of nitrogens with two attached hydrogens (primary N) is 1. The van der Waals surface area contributed by atoms with Crippen LogP contribution in [-0.2, 0) is 19.2 Å². The number of carboxylic acids is 1. The van der Waals surface area contributed by atoms with Crippen molar-refractivity contribution >= 4 is 23.7 Å². The second-order valence-corrected chi connectivity index (χ2v) is 8.86. The molecule has 9 heteroatoms. The van der Waals surface area contributed by atoms with Crippen LogP contribution in [-0.4, -0.2) is 75.9 Å². The Hall–Kier alpha value is -2.16. The molecule has 9 nitrogen and oxygen atoms in total. The molecule has 0 aromatic rings. The van der Waals surface area contributed by atoms with E-state index in [1.807, 2.05) is 13.8 Å². The van der Waals surface area contributed by atoms with Gasteiger partial charge in [0, 0.05) is 13.1 Å². The van der Waals surface area contributed by atoms with Gasteiger partial charge in [0.15, 0.2) is 0 Å². The van der Waals surface area contributed by atoms with E-state index in [1.54, 1.807) is 18.7 Å². The number of nitrogens with one attached hydrogen (secondary N) is 1. The zero-order valence-corrected chi connectivity index (χ0v) is 18.5. The van der Waals surface area contributed by atoms with Gasteiger partial charge in [0.2, 0.25) is 17.7 Å². The zero-order valence-electron chi connectivity index (χ0n) is 18.5. The average Bonchev–Trinajstić information content (AvgIpc) is 3.38. The molecule has 3 amide bonds. The van der Waals surface area contributed by atoms with Crippen LogP contribution < -0.4 is 11.1 Å². The number of carbonyl (C=O) groups is 4. The fourth-order valence-corrected chi connectivity index (χ4v) is 4.23. The zero-order chi connectivity index (χ0) is 22.6. The SMILES string of the molecule is CCC(C)C(N)C(=O)N1CCCC1C(=O)N1CCCC1C(=O)NC(C(=O)O)C(C)C. The van der Waals surface area contributed by atoms with Gasteiger partial charge < -0.3 is 26.0 Å². The minimum Gasteiger partial charge on any atom is -0.480 e. The first kappa shape index (κ1) is 24.1. The maximum absolute atomic E-state index is 13.3. The Morgan fingerprint density at radius 3 is 2.13 bits per heavy atom. The highest BCUT2D eigenvalue weighted by Gasteiger charge is 2.43. The van der Waals surface area contributed by atoms with Crippen LogP contribution in [0, 0.1) is 11.8 Å². The Kier molecular flexibility index (Phi) is 8.23. The smallest absolute Gasteiger partial charge is 0.326 e. The molecule has 4 N–H and O–H groups in total. The molecule has 0 aromatic heterocycles. The summed E-state index contributed by atoms with van der Waals surface area (Å²) in [5.41, 5.74) is 6.12. The molecule has 2 saturated heterocycles. The van der Waals surface area contributed by atoms with Gasteiger partial charge in [0.1, 0.15) is 18.1 Å². The van der Waals surface area contributed by atoms with Crippen LogP contribution in [0.5, 0.6) is 0 Å². The van der Waals surface area contributed by atoms with E-state index in [4.69, 9.17) is 5.73 Å². The van der Waals surface area contributed by atoms with Gasteiger partial charge in [-0.3, -0.25) is 14.4 Å². The van der Waals surface area contributed by atoms with Gasteiger partial charge in [-0.05, 0) is 37.5 Å². The van der Waals surface area contributed by atoms with E-state index in [0.717, 1.165) is 6.42 Å². The third kappa shape index (κ3) is 5.11. The molecule has 0 saturated carbocycles. The number of nitrogens with zero attached hydrogens (tertiary/aromatic N) is 2. The summed E-state index contributed by atoms with van der Waals surface area (Å²) in [5, 5.41) is 11.9. The summed E-state index contributed by atoms with van der Waals surface area (Å²) in [5.74, 6) is -2.27. The van der Waals surface area contributed by atoms with Crippen LogP contribution in [0.15, 0.2) is 0 Å². The van der Waals surface area contributed by atoms with Crippen molar-refractivity contribution in [2.45, 2.75) is 84.0 Å². The molecule has 0 aromatic carbocycles. The highest BCUT2D eigenvalue weighted by Crippen LogP contribution is 2.26. The largest absolute Gasteiger partial charge is 0.480 e. The molecule has 2 aliphatic heterocycles. The summed E-state index contributed by atoms with van der Waals surface area (Å²) in [4.78, 5) is 53.4. The molecule has 2 rings (SSSR count). The molecule has 0 spiro atoms. The number of hydrogen-bond donors (Lipinski definition) is 3. The number of carbonyl (C=O) groups excluding carboxylic acids is 3. The van der Waals surface area contributed by atoms with Gasteiger partial charge >= 0.3 is 5.97 Å². The summed E-state index contributed by atoms with van der Waals surface area (Å²) in [6.07, 6.45) is 3.18. The van der Waals surface area contributed by atoms with Crippen LogP contribution in [0.1, 0.15) is 59.8 Å². The van der Waals surface area contributed by atoms with Crippen molar-refractivity contribution in [1.82, 2.24) is 15.1 Å². The van der Waals surface area contributed by atoms with Gasteiger partial charge in [-0.25, -0.2) is 4.79 Å². The quantitative estimate of drug-likeness (QED) is 0.522. The van der Waals surface area contributed by atoms with Crippen molar-refractivity contribution in [2.75, 3.05) is 13.1 Å². The van der Waals surface area contributed by atoms with E-state index in [2.05, 4.69) is 5.32 Å². The van der Waals surface area contributed by atoms with Gasteiger partial charge in [0.05, 0.1) is 6.04 Å². The molecule has 0 bridgehead atoms. The molecular weight excluding hydrogens is 388 g/mol. The molecule has 30 heavy (non-hydrogen) atoms. The van der Waals surface area contributed by atoms with Gasteiger partial charge in [-0.1, -0.05) is 34.1 Å². The predicted octanol–water partition coefficient (Wildman–Crippen LogP) is 0.567. The van der Waals surface area contributed by atoms with Crippen LogP contribution in [0.4, 0.5) is 0 Å². The monoisotopic (exact) mass is 424 g/mol. The second-order valence-electron chi connectivity index (χ2n) is 8.86. The van der Waals surface area contributed by atoms with Gasteiger partial charge in [-0.15, -0.1) is 0 Å². The standard InChI is InChI=1S/C21H36N4O5/c1-5-13(4)16(22)20(28)25-11-7-9-15(25)19(27)24-10-6-8-14(24)18(26)23-17(12(2)3)21(29)30/h12-17H,5-11,22H2,1-4H3,(H,23,26)(H,29,30). The number of aliphatic carboxylic acids is 1. The number of likely N-dealkylation sites (tertiary alicyclic amines) is 2. The van der Waals surface area contributed by atoms with Crippen molar-refractivity contribution in [3.8, 4) is 0 Å². The first-order chi connectivity index (χ1) is 14.1. The number of carboxylic acid groups (broad SMARTS) is 1. The molecular formula is C21H36N4O5. The minimum atomic E-state index is -1.10. The lowest BCUT2D eigenvalue weighted by molar-refractivity contribution is -0.148. The molecule has 2 fully saturated rings. The lowest BCUT2D eigenvalue weighted by Gasteiger charge is -2.33. The second kappa shape index (κ2) is 10.2. The summed E-state index contributed by atoms with van der Waals surface area (Å²) in [6.45, 7) is 8.24. The normalized spacial score (nSPS) is 24.6. The van der Waals surface area contributed by atoms with Crippen molar-refractivity contribution in [1.29, 1.82) is 0 Å². The van der Waals surface area contributed by atoms with Crippen molar-refractivity contribution < 1.29 is 24.3 Å². The third-order valence-corrected chi connectivity index (χ3v) is 6.43. The van der Waals surface area contributed by atoms with E-state index in [9.17, 15) is 24.3 Å². The summed E-state index contributed by atoms with van der Waals surface area (Å²) in [6, 6.07) is -2.98. The minimum absolute atomic E-state index is 0.0168. The summed E-state index contributed by atoms with van der Waals surface area (Å²) >= 11 is 0. The first-order valence-electron chi connectivity index (χ1n) is 11.0. The number of rotatable bonds is 8. The number of amides is 3. The lowest BCUT2D eigenvalue weighted by atomic mass is 9.98. The van der Waals surface area contributed by atoms with E-state index >= 15 is 0 Å². The van der Waals surface area contributed by atoms with Crippen LogP contribution in [0.2, 0.25) is 0 Å². The van der Waals surface area contributed by atoms with Crippen molar-refractivity contribution in [2.24, 2.45) is 17.6 Å². The highest BCUT2D eigenvalue weighted by atomic mass is 16.4. The third-order valence-electron chi connectivity index (χ3n) is 6.43. The summed E-state index contributed by atoms with van der Waals surface area (Å²) < 4.78 is 0.